The smallest absolute Gasteiger partial charge is 0.268 e. The van der Waals surface area contributed by atoms with Gasteiger partial charge in [-0.25, -0.2) is 0 Å². The van der Waals surface area contributed by atoms with Crippen molar-refractivity contribution in [3.63, 3.8) is 0 Å². The van der Waals surface area contributed by atoms with Gasteiger partial charge < -0.3 is 15.6 Å². The van der Waals surface area contributed by atoms with Crippen LogP contribution in [0.15, 0.2) is 0 Å². The standard InChI is InChI=1S/C14H23N3O2.ClH/c1-6-11-12(10(4)18)9(3)17-13(11)14(19)16-7-8(2)15-5;/h8,15,17H,6-7H2,1-5H3,(H,16,19);1H. The molecule has 1 rings (SSSR count). The van der Waals surface area contributed by atoms with E-state index in [4.69, 9.17) is 0 Å². The third kappa shape index (κ3) is 4.08. The van der Waals surface area contributed by atoms with Gasteiger partial charge in [0.15, 0.2) is 5.78 Å². The van der Waals surface area contributed by atoms with E-state index in [2.05, 4.69) is 15.6 Å². The van der Waals surface area contributed by atoms with Crippen LogP contribution in [-0.2, 0) is 6.42 Å². The number of hydrogen-bond donors (Lipinski definition) is 3. The molecule has 1 aromatic heterocycles. The van der Waals surface area contributed by atoms with E-state index in [1.807, 2.05) is 27.8 Å². The van der Waals surface area contributed by atoms with Gasteiger partial charge in [-0.05, 0) is 39.8 Å². The number of carbonyl (C=O) groups excluding carboxylic acids is 2. The van der Waals surface area contributed by atoms with Gasteiger partial charge in [0.05, 0.1) is 0 Å². The Kier molecular flexibility index (Phi) is 7.53. The molecule has 5 nitrogen and oxygen atoms in total. The Balaban J connectivity index is 0.00000361. The number of Topliss-reactive ketones (excluding diaryl/α,β-unsaturated/α-hetero) is 1. The highest BCUT2D eigenvalue weighted by Gasteiger charge is 2.21. The van der Waals surface area contributed by atoms with E-state index in [1.54, 1.807) is 0 Å². The number of H-pyrrole nitrogens is 1. The first-order valence-corrected chi connectivity index (χ1v) is 6.60. The van der Waals surface area contributed by atoms with Gasteiger partial charge in [-0.15, -0.1) is 12.4 Å². The molecule has 0 aliphatic rings. The molecule has 114 valence electrons. The third-order valence-corrected chi connectivity index (χ3v) is 3.29. The summed E-state index contributed by atoms with van der Waals surface area (Å²) in [5, 5.41) is 5.92. The fourth-order valence-corrected chi connectivity index (χ4v) is 2.14. The van der Waals surface area contributed by atoms with E-state index in [1.165, 1.54) is 6.92 Å². The van der Waals surface area contributed by atoms with Gasteiger partial charge in [-0.3, -0.25) is 9.59 Å². The number of likely N-dealkylation sites (N-methyl/N-ethyl adjacent to an activating group) is 1. The zero-order chi connectivity index (χ0) is 14.6. The molecule has 0 aliphatic heterocycles. The third-order valence-electron chi connectivity index (χ3n) is 3.29. The van der Waals surface area contributed by atoms with Gasteiger partial charge in [-0.2, -0.15) is 0 Å². The van der Waals surface area contributed by atoms with Crippen LogP contribution in [0.3, 0.4) is 0 Å². The van der Waals surface area contributed by atoms with Crippen LogP contribution in [0.25, 0.3) is 0 Å². The molecule has 0 bridgehead atoms. The van der Waals surface area contributed by atoms with Gasteiger partial charge in [0.1, 0.15) is 5.69 Å². The minimum absolute atomic E-state index is 0. The van der Waals surface area contributed by atoms with Gasteiger partial charge in [0, 0.05) is 23.8 Å². The number of rotatable bonds is 6. The van der Waals surface area contributed by atoms with Crippen LogP contribution in [0, 0.1) is 6.92 Å². The van der Waals surface area contributed by atoms with Gasteiger partial charge in [0.2, 0.25) is 0 Å². The summed E-state index contributed by atoms with van der Waals surface area (Å²) in [5.74, 6) is -0.164. The Hall–Kier alpha value is -1.33. The van der Waals surface area contributed by atoms with Crippen molar-refractivity contribution >= 4 is 24.1 Å². The topological polar surface area (TPSA) is 74.0 Å². The highest BCUT2D eigenvalue weighted by molar-refractivity contribution is 6.02. The first-order chi connectivity index (χ1) is 8.92. The number of carbonyl (C=O) groups is 2. The van der Waals surface area contributed by atoms with Crippen molar-refractivity contribution in [2.75, 3.05) is 13.6 Å². The fourth-order valence-electron chi connectivity index (χ4n) is 2.14. The molecule has 0 aliphatic carbocycles. The van der Waals surface area contributed by atoms with Crippen LogP contribution < -0.4 is 10.6 Å². The van der Waals surface area contributed by atoms with Crippen molar-refractivity contribution in [2.24, 2.45) is 0 Å². The van der Waals surface area contributed by atoms with Crippen molar-refractivity contribution in [1.82, 2.24) is 15.6 Å². The molecule has 1 aromatic rings. The molecule has 0 saturated heterocycles. The zero-order valence-corrected chi connectivity index (χ0v) is 13.5. The van der Waals surface area contributed by atoms with E-state index in [9.17, 15) is 9.59 Å². The van der Waals surface area contributed by atoms with Crippen molar-refractivity contribution in [3.8, 4) is 0 Å². The van der Waals surface area contributed by atoms with Crippen LogP contribution in [0.4, 0.5) is 0 Å². The Morgan fingerprint density at radius 1 is 1.35 bits per heavy atom. The average molecular weight is 302 g/mol. The van der Waals surface area contributed by atoms with Gasteiger partial charge in [0.25, 0.3) is 5.91 Å². The molecule has 0 saturated carbocycles. The lowest BCUT2D eigenvalue weighted by atomic mass is 10.0. The molecule has 0 radical (unpaired) electrons. The average Bonchev–Trinajstić information content (AvgIpc) is 2.72. The Morgan fingerprint density at radius 3 is 2.40 bits per heavy atom. The summed E-state index contributed by atoms with van der Waals surface area (Å²) in [6.45, 7) is 7.83. The lowest BCUT2D eigenvalue weighted by molar-refractivity contribution is 0.0945. The lowest BCUT2D eigenvalue weighted by Crippen LogP contribution is -2.37. The number of aromatic amines is 1. The number of hydrogen-bond acceptors (Lipinski definition) is 3. The van der Waals surface area contributed by atoms with Crippen molar-refractivity contribution < 1.29 is 9.59 Å². The normalized spacial score (nSPS) is 11.7. The fraction of sp³-hybridized carbons (Fsp3) is 0.571. The van der Waals surface area contributed by atoms with Crippen LogP contribution in [0.5, 0.6) is 0 Å². The molecule has 3 N–H and O–H groups in total. The lowest BCUT2D eigenvalue weighted by Gasteiger charge is -2.11. The minimum atomic E-state index is -0.158. The molecule has 0 fully saturated rings. The monoisotopic (exact) mass is 301 g/mol. The molecule has 6 heteroatoms. The quantitative estimate of drug-likeness (QED) is 0.702. The van der Waals surface area contributed by atoms with Crippen molar-refractivity contribution in [2.45, 2.75) is 40.2 Å². The first kappa shape index (κ1) is 18.7. The second-order valence-electron chi connectivity index (χ2n) is 4.79. The van der Waals surface area contributed by atoms with E-state index < -0.39 is 0 Å². The number of aryl methyl sites for hydroxylation is 1. The molecule has 20 heavy (non-hydrogen) atoms. The second-order valence-corrected chi connectivity index (χ2v) is 4.79. The van der Waals surface area contributed by atoms with Crippen LogP contribution >= 0.6 is 12.4 Å². The first-order valence-electron chi connectivity index (χ1n) is 6.60. The van der Waals surface area contributed by atoms with E-state index >= 15 is 0 Å². The number of halogens is 1. The number of ketones is 1. The molecular formula is C14H24ClN3O2. The maximum absolute atomic E-state index is 12.2. The predicted molar refractivity (Wildman–Crippen MR) is 83.0 cm³/mol. The van der Waals surface area contributed by atoms with E-state index in [0.717, 1.165) is 11.3 Å². The summed E-state index contributed by atoms with van der Waals surface area (Å²) >= 11 is 0. The highest BCUT2D eigenvalue weighted by Crippen LogP contribution is 2.20. The van der Waals surface area contributed by atoms with Crippen LogP contribution in [0.1, 0.15) is 52.9 Å². The van der Waals surface area contributed by atoms with Crippen molar-refractivity contribution in [3.05, 3.63) is 22.5 Å². The van der Waals surface area contributed by atoms with Crippen LogP contribution in [-0.4, -0.2) is 36.3 Å². The maximum atomic E-state index is 12.2. The summed E-state index contributed by atoms with van der Waals surface area (Å²) in [5.41, 5.74) is 2.72. The summed E-state index contributed by atoms with van der Waals surface area (Å²) in [4.78, 5) is 26.8. The molecule has 1 amide bonds. The van der Waals surface area contributed by atoms with Gasteiger partial charge in [-0.1, -0.05) is 6.92 Å². The summed E-state index contributed by atoms with van der Waals surface area (Å²) in [6.07, 6.45) is 0.656. The molecule has 1 heterocycles. The number of nitrogens with one attached hydrogen (secondary N) is 3. The Labute approximate surface area is 126 Å². The second kappa shape index (κ2) is 8.07. The predicted octanol–water partition coefficient (Wildman–Crippen LogP) is 1.85. The van der Waals surface area contributed by atoms with Crippen LogP contribution in [0.2, 0.25) is 0 Å². The van der Waals surface area contributed by atoms with E-state index in [0.29, 0.717) is 24.2 Å². The van der Waals surface area contributed by atoms with E-state index in [-0.39, 0.29) is 30.1 Å². The van der Waals surface area contributed by atoms with Gasteiger partial charge >= 0.3 is 0 Å². The summed E-state index contributed by atoms with van der Waals surface area (Å²) in [7, 11) is 1.85. The molecular weight excluding hydrogens is 278 g/mol. The molecule has 0 spiro atoms. The molecule has 1 atom stereocenters. The highest BCUT2D eigenvalue weighted by atomic mass is 35.5. The Morgan fingerprint density at radius 2 is 1.95 bits per heavy atom. The molecule has 0 aromatic carbocycles. The Bertz CT molecular complexity index is 483. The summed E-state index contributed by atoms with van der Waals surface area (Å²) < 4.78 is 0. The molecule has 1 unspecified atom stereocenters. The largest absolute Gasteiger partial charge is 0.354 e. The van der Waals surface area contributed by atoms with Crippen molar-refractivity contribution in [1.29, 1.82) is 0 Å². The summed E-state index contributed by atoms with van der Waals surface area (Å²) in [6, 6.07) is 0.206. The number of amides is 1. The number of aromatic nitrogens is 1. The zero-order valence-electron chi connectivity index (χ0n) is 12.7. The SMILES string of the molecule is CCc1c(C(=O)NCC(C)NC)[nH]c(C)c1C(C)=O.Cl. The maximum Gasteiger partial charge on any atom is 0.268 e. The minimum Gasteiger partial charge on any atom is -0.354 e.